The van der Waals surface area contributed by atoms with Crippen molar-refractivity contribution in [3.05, 3.63) is 87.5 Å². The first-order valence-electron chi connectivity index (χ1n) is 8.66. The number of benzene rings is 2. The summed E-state index contributed by atoms with van der Waals surface area (Å²) in [5, 5.41) is 0.375. The van der Waals surface area contributed by atoms with Crippen LogP contribution in [-0.4, -0.2) is 16.0 Å². The number of carbonyl (C=O) groups excluding carboxylic acids is 2. The average molecular weight is 410 g/mol. The third-order valence-electron chi connectivity index (χ3n) is 4.33. The van der Waals surface area contributed by atoms with Crippen LogP contribution in [0.25, 0.3) is 17.4 Å². The monoisotopic (exact) mass is 409 g/mol. The minimum absolute atomic E-state index is 0.262. The van der Waals surface area contributed by atoms with E-state index in [4.69, 9.17) is 16.0 Å². The van der Waals surface area contributed by atoms with Crippen LogP contribution in [0.2, 0.25) is 5.02 Å². The molecule has 2 heterocycles. The zero-order valence-electron chi connectivity index (χ0n) is 15.0. The maximum absolute atomic E-state index is 12.7. The van der Waals surface area contributed by atoms with Gasteiger partial charge in [0.1, 0.15) is 11.5 Å². The van der Waals surface area contributed by atoms with Gasteiger partial charge in [-0.1, -0.05) is 41.4 Å². The SMILES string of the molecule is Cc1cccc(CN2C(=O)S/C(=C\c3ccc(-c4ccc(Cl)cc4)o3)C2=O)c1. The molecule has 0 spiro atoms. The Hall–Kier alpha value is -2.76. The molecule has 3 aromatic rings. The first-order chi connectivity index (χ1) is 13.5. The Kier molecular flexibility index (Phi) is 5.11. The van der Waals surface area contributed by atoms with Gasteiger partial charge in [-0.15, -0.1) is 0 Å². The maximum atomic E-state index is 12.7. The average Bonchev–Trinajstić information content (AvgIpc) is 3.23. The molecule has 0 N–H and O–H groups in total. The lowest BCUT2D eigenvalue weighted by molar-refractivity contribution is -0.123. The lowest BCUT2D eigenvalue weighted by Crippen LogP contribution is -2.27. The fourth-order valence-corrected chi connectivity index (χ4v) is 3.90. The van der Waals surface area contributed by atoms with Crippen molar-refractivity contribution in [3.63, 3.8) is 0 Å². The zero-order chi connectivity index (χ0) is 19.7. The molecule has 0 unspecified atom stereocenters. The molecule has 1 aliphatic rings. The van der Waals surface area contributed by atoms with Crippen molar-refractivity contribution < 1.29 is 14.0 Å². The number of amides is 2. The first-order valence-corrected chi connectivity index (χ1v) is 9.86. The molecule has 0 saturated carbocycles. The van der Waals surface area contributed by atoms with E-state index in [0.29, 0.717) is 21.4 Å². The van der Waals surface area contributed by atoms with E-state index in [1.165, 1.54) is 4.90 Å². The highest BCUT2D eigenvalue weighted by atomic mass is 35.5. The van der Waals surface area contributed by atoms with Gasteiger partial charge in [0.2, 0.25) is 0 Å². The van der Waals surface area contributed by atoms with E-state index in [9.17, 15) is 9.59 Å². The zero-order valence-corrected chi connectivity index (χ0v) is 16.6. The smallest absolute Gasteiger partial charge is 0.293 e. The van der Waals surface area contributed by atoms with Crippen LogP contribution in [0.3, 0.4) is 0 Å². The molecule has 0 radical (unpaired) electrons. The lowest BCUT2D eigenvalue weighted by atomic mass is 10.1. The minimum Gasteiger partial charge on any atom is -0.457 e. The molecule has 1 aromatic heterocycles. The quantitative estimate of drug-likeness (QED) is 0.485. The Labute approximate surface area is 171 Å². The fourth-order valence-electron chi connectivity index (χ4n) is 2.96. The summed E-state index contributed by atoms with van der Waals surface area (Å²) in [5.41, 5.74) is 2.90. The summed E-state index contributed by atoms with van der Waals surface area (Å²) in [7, 11) is 0. The van der Waals surface area contributed by atoms with Crippen molar-refractivity contribution in [3.8, 4) is 11.3 Å². The predicted molar refractivity (Wildman–Crippen MR) is 112 cm³/mol. The number of hydrogen-bond donors (Lipinski definition) is 0. The van der Waals surface area contributed by atoms with Crippen LogP contribution in [-0.2, 0) is 11.3 Å². The van der Waals surface area contributed by atoms with E-state index >= 15 is 0 Å². The summed E-state index contributed by atoms with van der Waals surface area (Å²) in [4.78, 5) is 26.6. The Morgan fingerprint density at radius 3 is 2.61 bits per heavy atom. The second kappa shape index (κ2) is 7.70. The van der Waals surface area contributed by atoms with Crippen LogP contribution in [0.1, 0.15) is 16.9 Å². The van der Waals surface area contributed by atoms with E-state index in [-0.39, 0.29) is 17.7 Å². The van der Waals surface area contributed by atoms with E-state index in [1.54, 1.807) is 24.3 Å². The van der Waals surface area contributed by atoms with Gasteiger partial charge >= 0.3 is 0 Å². The Bertz CT molecular complexity index is 1090. The first kappa shape index (κ1) is 18.6. The van der Waals surface area contributed by atoms with Crippen LogP contribution in [0.15, 0.2) is 70.0 Å². The van der Waals surface area contributed by atoms with E-state index in [2.05, 4.69) is 0 Å². The highest BCUT2D eigenvalue weighted by molar-refractivity contribution is 8.18. The van der Waals surface area contributed by atoms with Gasteiger partial charge in [0.15, 0.2) is 0 Å². The number of halogens is 1. The number of furan rings is 1. The van der Waals surface area contributed by atoms with E-state index in [1.807, 2.05) is 49.4 Å². The topological polar surface area (TPSA) is 50.5 Å². The van der Waals surface area contributed by atoms with Gasteiger partial charge in [-0.3, -0.25) is 14.5 Å². The van der Waals surface area contributed by atoms with Crippen LogP contribution in [0, 0.1) is 6.92 Å². The minimum atomic E-state index is -0.305. The molecule has 0 bridgehead atoms. The second-order valence-corrected chi connectivity index (χ2v) is 7.90. The summed E-state index contributed by atoms with van der Waals surface area (Å²) in [6, 6.07) is 18.7. The molecule has 2 amide bonds. The lowest BCUT2D eigenvalue weighted by Gasteiger charge is -2.12. The van der Waals surface area contributed by atoms with E-state index < -0.39 is 0 Å². The molecule has 28 heavy (non-hydrogen) atoms. The normalized spacial score (nSPS) is 15.6. The third kappa shape index (κ3) is 3.91. The predicted octanol–water partition coefficient (Wildman–Crippen LogP) is 6.14. The largest absolute Gasteiger partial charge is 0.457 e. The summed E-state index contributed by atoms with van der Waals surface area (Å²) in [5.74, 6) is 0.883. The summed E-state index contributed by atoms with van der Waals surface area (Å²) in [6.45, 7) is 2.24. The van der Waals surface area contributed by atoms with Gasteiger partial charge < -0.3 is 4.42 Å². The molecule has 1 aliphatic heterocycles. The molecule has 0 atom stereocenters. The molecule has 6 heteroatoms. The van der Waals surface area contributed by atoms with Gasteiger partial charge in [0, 0.05) is 16.7 Å². The summed E-state index contributed by atoms with van der Waals surface area (Å²) >= 11 is 6.84. The molecule has 1 saturated heterocycles. The number of carbonyl (C=O) groups is 2. The van der Waals surface area contributed by atoms with Gasteiger partial charge in [0.25, 0.3) is 11.1 Å². The highest BCUT2D eigenvalue weighted by Gasteiger charge is 2.35. The van der Waals surface area contributed by atoms with Gasteiger partial charge in [-0.25, -0.2) is 0 Å². The highest BCUT2D eigenvalue weighted by Crippen LogP contribution is 2.34. The molecule has 4 nitrogen and oxygen atoms in total. The van der Waals surface area contributed by atoms with Crippen LogP contribution < -0.4 is 0 Å². The number of hydrogen-bond acceptors (Lipinski definition) is 4. The maximum Gasteiger partial charge on any atom is 0.293 e. The molecule has 140 valence electrons. The molecule has 2 aromatic carbocycles. The summed E-state index contributed by atoms with van der Waals surface area (Å²) in [6.07, 6.45) is 1.61. The van der Waals surface area contributed by atoms with Crippen LogP contribution >= 0.6 is 23.4 Å². The van der Waals surface area contributed by atoms with Crippen molar-refractivity contribution in [1.29, 1.82) is 0 Å². The fraction of sp³-hybridized carbons (Fsp3) is 0.0909. The number of imide groups is 1. The molecular formula is C22H16ClNO3S. The number of thioether (sulfide) groups is 1. The van der Waals surface area contributed by atoms with Crippen molar-refractivity contribution in [2.75, 3.05) is 0 Å². The van der Waals surface area contributed by atoms with Crippen molar-refractivity contribution >= 4 is 40.6 Å². The Morgan fingerprint density at radius 2 is 1.86 bits per heavy atom. The van der Waals surface area contributed by atoms with Crippen molar-refractivity contribution in [2.45, 2.75) is 13.5 Å². The standard InChI is InChI=1S/C22H16ClNO3S/c1-14-3-2-4-15(11-14)13-24-21(25)20(28-22(24)26)12-18-9-10-19(27-18)16-5-7-17(23)8-6-16/h2-12H,13H2,1H3/b20-12-. The van der Waals surface area contributed by atoms with E-state index in [0.717, 1.165) is 28.5 Å². The van der Waals surface area contributed by atoms with Gasteiger partial charge in [0.05, 0.1) is 11.4 Å². The van der Waals surface area contributed by atoms with Crippen LogP contribution in [0.5, 0.6) is 0 Å². The molecule has 0 aliphatic carbocycles. The Balaban J connectivity index is 1.53. The second-order valence-electron chi connectivity index (χ2n) is 6.47. The number of nitrogens with zero attached hydrogens (tertiary/aromatic N) is 1. The summed E-state index contributed by atoms with van der Waals surface area (Å²) < 4.78 is 5.81. The third-order valence-corrected chi connectivity index (χ3v) is 5.49. The Morgan fingerprint density at radius 1 is 1.07 bits per heavy atom. The number of rotatable bonds is 4. The molecular weight excluding hydrogens is 394 g/mol. The molecule has 4 rings (SSSR count). The van der Waals surface area contributed by atoms with Crippen LogP contribution in [0.4, 0.5) is 4.79 Å². The number of aryl methyl sites for hydroxylation is 1. The van der Waals surface area contributed by atoms with Crippen molar-refractivity contribution in [2.24, 2.45) is 0 Å². The molecule has 1 fully saturated rings. The van der Waals surface area contributed by atoms with Crippen molar-refractivity contribution in [1.82, 2.24) is 4.90 Å². The van der Waals surface area contributed by atoms with Gasteiger partial charge in [-0.05, 0) is 60.6 Å². The van der Waals surface area contributed by atoms with Gasteiger partial charge in [-0.2, -0.15) is 0 Å².